The summed E-state index contributed by atoms with van der Waals surface area (Å²) in [7, 11) is 0. The zero-order valence-electron chi connectivity index (χ0n) is 24.2. The second-order valence-electron chi connectivity index (χ2n) is 11.5. The second kappa shape index (κ2) is 10.7. The molecular formula is C36H29N7. The molecule has 0 aliphatic rings. The molecule has 0 atom stereocenters. The SMILES string of the molecule is CC(C)(C)c1ccc(-n2nc3cc(-c4ccc(-c5cccnc5)nc4)cc(-c4ccc(-c5cccnc5)nc4)c3n2)cc1. The van der Waals surface area contributed by atoms with Crippen LogP contribution in [0.1, 0.15) is 26.3 Å². The molecule has 0 saturated carbocycles. The van der Waals surface area contributed by atoms with Gasteiger partial charge in [-0.3, -0.25) is 19.9 Å². The van der Waals surface area contributed by atoms with E-state index in [9.17, 15) is 0 Å². The molecule has 0 saturated heterocycles. The standard InChI is InChI=1S/C36H29N7/c1-36(2,3)29-10-12-30(13-11-29)43-41-34-19-28(24-8-14-32(39-22-24)26-6-4-16-37-20-26)18-31(35(34)42-43)25-9-15-33(40-23-25)27-7-5-17-38-21-27/h4-23H,1-3H3. The molecule has 7 heteroatoms. The van der Waals surface area contributed by atoms with Crippen molar-refractivity contribution in [3.63, 3.8) is 0 Å². The number of benzene rings is 2. The first-order chi connectivity index (χ1) is 20.9. The van der Waals surface area contributed by atoms with Crippen molar-refractivity contribution >= 4 is 11.0 Å². The molecule has 5 aromatic heterocycles. The van der Waals surface area contributed by atoms with E-state index in [1.165, 1.54) is 5.56 Å². The zero-order valence-corrected chi connectivity index (χ0v) is 24.2. The van der Waals surface area contributed by atoms with Gasteiger partial charge >= 0.3 is 0 Å². The Morgan fingerprint density at radius 2 is 1.19 bits per heavy atom. The van der Waals surface area contributed by atoms with Crippen LogP contribution in [0.15, 0.2) is 122 Å². The molecule has 0 bridgehead atoms. The Kier molecular flexibility index (Phi) is 6.55. The van der Waals surface area contributed by atoms with Crippen molar-refractivity contribution in [2.24, 2.45) is 0 Å². The summed E-state index contributed by atoms with van der Waals surface area (Å²) in [6.45, 7) is 6.63. The fourth-order valence-electron chi connectivity index (χ4n) is 5.10. The molecule has 2 aromatic carbocycles. The Balaban J connectivity index is 1.33. The third-order valence-electron chi connectivity index (χ3n) is 7.54. The van der Waals surface area contributed by atoms with E-state index in [0.29, 0.717) is 0 Å². The minimum absolute atomic E-state index is 0.0679. The van der Waals surface area contributed by atoms with Crippen LogP contribution in [0.5, 0.6) is 0 Å². The van der Waals surface area contributed by atoms with Gasteiger partial charge in [0.2, 0.25) is 0 Å². The van der Waals surface area contributed by atoms with E-state index in [2.05, 4.69) is 79.3 Å². The summed E-state index contributed by atoms with van der Waals surface area (Å²) >= 11 is 0. The molecule has 208 valence electrons. The molecule has 7 rings (SSSR count). The Bertz CT molecular complexity index is 2010. The van der Waals surface area contributed by atoms with Crippen molar-refractivity contribution < 1.29 is 0 Å². The van der Waals surface area contributed by atoms with Gasteiger partial charge in [-0.25, -0.2) is 0 Å². The molecule has 7 aromatic rings. The lowest BCUT2D eigenvalue weighted by atomic mass is 9.87. The monoisotopic (exact) mass is 559 g/mol. The molecule has 0 N–H and O–H groups in total. The third kappa shape index (κ3) is 5.28. The van der Waals surface area contributed by atoms with Crippen LogP contribution in [0.4, 0.5) is 0 Å². The van der Waals surface area contributed by atoms with Crippen molar-refractivity contribution in [1.29, 1.82) is 0 Å². The average Bonchev–Trinajstić information content (AvgIpc) is 3.49. The van der Waals surface area contributed by atoms with Gasteiger partial charge in [0.25, 0.3) is 0 Å². The summed E-state index contributed by atoms with van der Waals surface area (Å²) < 4.78 is 0. The first-order valence-corrected chi connectivity index (χ1v) is 14.2. The highest BCUT2D eigenvalue weighted by Gasteiger charge is 2.17. The summed E-state index contributed by atoms with van der Waals surface area (Å²) in [5.41, 5.74) is 11.4. The average molecular weight is 560 g/mol. The number of nitrogens with zero attached hydrogens (tertiary/aromatic N) is 7. The molecular weight excluding hydrogens is 530 g/mol. The van der Waals surface area contributed by atoms with Gasteiger partial charge in [0.05, 0.1) is 17.1 Å². The maximum Gasteiger partial charge on any atom is 0.121 e. The van der Waals surface area contributed by atoms with Crippen LogP contribution in [-0.4, -0.2) is 34.9 Å². The highest BCUT2D eigenvalue weighted by Crippen LogP contribution is 2.34. The summed E-state index contributed by atoms with van der Waals surface area (Å²) in [4.78, 5) is 19.7. The minimum atomic E-state index is 0.0679. The van der Waals surface area contributed by atoms with Crippen LogP contribution in [0.3, 0.4) is 0 Å². The van der Waals surface area contributed by atoms with Crippen LogP contribution in [0.25, 0.3) is 61.5 Å². The van der Waals surface area contributed by atoms with Gasteiger partial charge in [-0.15, -0.1) is 10.2 Å². The summed E-state index contributed by atoms with van der Waals surface area (Å²) in [5, 5.41) is 9.89. The van der Waals surface area contributed by atoms with E-state index >= 15 is 0 Å². The summed E-state index contributed by atoms with van der Waals surface area (Å²) in [6.07, 6.45) is 11.0. The van der Waals surface area contributed by atoms with E-state index in [0.717, 1.165) is 61.5 Å². The molecule has 0 amide bonds. The fourth-order valence-corrected chi connectivity index (χ4v) is 5.10. The van der Waals surface area contributed by atoms with Gasteiger partial charge in [-0.1, -0.05) is 45.0 Å². The highest BCUT2D eigenvalue weighted by molar-refractivity contribution is 5.95. The van der Waals surface area contributed by atoms with E-state index in [-0.39, 0.29) is 5.41 Å². The molecule has 5 heterocycles. The van der Waals surface area contributed by atoms with Crippen molar-refractivity contribution in [1.82, 2.24) is 34.9 Å². The Labute approximate surface area is 250 Å². The number of fused-ring (bicyclic) bond motifs is 1. The van der Waals surface area contributed by atoms with E-state index in [4.69, 9.17) is 20.2 Å². The van der Waals surface area contributed by atoms with Crippen LogP contribution in [-0.2, 0) is 5.41 Å². The Morgan fingerprint density at radius 3 is 1.72 bits per heavy atom. The van der Waals surface area contributed by atoms with Gasteiger partial charge in [0.15, 0.2) is 0 Å². The molecule has 43 heavy (non-hydrogen) atoms. The molecule has 0 aliphatic heterocycles. The van der Waals surface area contributed by atoms with E-state index < -0.39 is 0 Å². The number of rotatable bonds is 5. The Hall–Kier alpha value is -5.56. The first kappa shape index (κ1) is 26.3. The first-order valence-electron chi connectivity index (χ1n) is 14.2. The van der Waals surface area contributed by atoms with Crippen LogP contribution >= 0.6 is 0 Å². The number of hydrogen-bond acceptors (Lipinski definition) is 6. The van der Waals surface area contributed by atoms with Crippen molar-refractivity contribution in [2.75, 3.05) is 0 Å². The number of hydrogen-bond donors (Lipinski definition) is 0. The lowest BCUT2D eigenvalue weighted by Crippen LogP contribution is -2.11. The summed E-state index contributed by atoms with van der Waals surface area (Å²) in [5.74, 6) is 0. The third-order valence-corrected chi connectivity index (χ3v) is 7.54. The maximum absolute atomic E-state index is 4.97. The predicted molar refractivity (Wildman–Crippen MR) is 170 cm³/mol. The van der Waals surface area contributed by atoms with Crippen LogP contribution < -0.4 is 0 Å². The minimum Gasteiger partial charge on any atom is -0.264 e. The zero-order chi connectivity index (χ0) is 29.4. The highest BCUT2D eigenvalue weighted by atomic mass is 15.5. The van der Waals surface area contributed by atoms with Crippen LogP contribution in [0.2, 0.25) is 0 Å². The Morgan fingerprint density at radius 1 is 0.558 bits per heavy atom. The lowest BCUT2D eigenvalue weighted by molar-refractivity contribution is 0.589. The molecule has 7 nitrogen and oxygen atoms in total. The number of pyridine rings is 4. The smallest absolute Gasteiger partial charge is 0.121 e. The van der Waals surface area contributed by atoms with Crippen molar-refractivity contribution in [3.05, 3.63) is 128 Å². The van der Waals surface area contributed by atoms with Crippen LogP contribution in [0, 0.1) is 0 Å². The second-order valence-corrected chi connectivity index (χ2v) is 11.5. The molecule has 0 unspecified atom stereocenters. The van der Waals surface area contributed by atoms with Gasteiger partial charge < -0.3 is 0 Å². The molecule has 0 aliphatic carbocycles. The largest absolute Gasteiger partial charge is 0.264 e. The lowest BCUT2D eigenvalue weighted by Gasteiger charge is -2.18. The van der Waals surface area contributed by atoms with Gasteiger partial charge in [-0.2, -0.15) is 4.80 Å². The molecule has 0 radical (unpaired) electrons. The van der Waals surface area contributed by atoms with E-state index in [1.807, 2.05) is 61.2 Å². The van der Waals surface area contributed by atoms with Gasteiger partial charge in [0, 0.05) is 65.0 Å². The predicted octanol–water partition coefficient (Wildman–Crippen LogP) is 7.97. The van der Waals surface area contributed by atoms with Gasteiger partial charge in [0.1, 0.15) is 11.0 Å². The summed E-state index contributed by atoms with van der Waals surface area (Å²) in [6, 6.07) is 28.7. The quantitative estimate of drug-likeness (QED) is 0.213. The molecule has 0 fully saturated rings. The van der Waals surface area contributed by atoms with Crippen molar-refractivity contribution in [3.8, 4) is 50.5 Å². The van der Waals surface area contributed by atoms with Gasteiger partial charge in [-0.05, 0) is 77.2 Å². The van der Waals surface area contributed by atoms with E-state index in [1.54, 1.807) is 17.2 Å². The molecule has 0 spiro atoms. The topological polar surface area (TPSA) is 82.3 Å². The maximum atomic E-state index is 4.97. The number of aromatic nitrogens is 7. The normalized spacial score (nSPS) is 11.6. The fraction of sp³-hybridized carbons (Fsp3) is 0.111. The van der Waals surface area contributed by atoms with Crippen molar-refractivity contribution in [2.45, 2.75) is 26.2 Å².